The number of carbonyl (C=O) groups is 3. The van der Waals surface area contributed by atoms with Gasteiger partial charge in [0.05, 0.1) is 28.5 Å². The lowest BCUT2D eigenvalue weighted by Gasteiger charge is -2.25. The summed E-state index contributed by atoms with van der Waals surface area (Å²) in [7, 11) is 0. The maximum absolute atomic E-state index is 12.6. The number of thioether (sulfide) groups is 2. The number of hydrogen-bond donors (Lipinski definition) is 3. The summed E-state index contributed by atoms with van der Waals surface area (Å²) in [5.41, 5.74) is 0. The van der Waals surface area contributed by atoms with E-state index in [1.807, 2.05) is 0 Å². The average molecular weight is 388 g/mol. The van der Waals surface area contributed by atoms with Crippen LogP contribution in [-0.4, -0.2) is 52.8 Å². The third-order valence-electron chi connectivity index (χ3n) is 4.86. The summed E-state index contributed by atoms with van der Waals surface area (Å²) in [4.78, 5) is 36.3. The summed E-state index contributed by atoms with van der Waals surface area (Å²) in [5.74, 6) is 0.590. The van der Waals surface area contributed by atoms with Crippen LogP contribution < -0.4 is 16.0 Å². The van der Waals surface area contributed by atoms with Crippen molar-refractivity contribution in [2.45, 2.75) is 48.6 Å². The van der Waals surface area contributed by atoms with Crippen molar-refractivity contribution in [3.63, 3.8) is 0 Å². The van der Waals surface area contributed by atoms with Crippen LogP contribution in [0.2, 0.25) is 0 Å². The maximum Gasteiger partial charge on any atom is 0.413 e. The first kappa shape index (κ1) is 18.8. The van der Waals surface area contributed by atoms with E-state index in [4.69, 9.17) is 4.74 Å². The van der Waals surface area contributed by atoms with E-state index in [2.05, 4.69) is 16.0 Å². The van der Waals surface area contributed by atoms with Gasteiger partial charge in [-0.05, 0) is 50.8 Å². The highest BCUT2D eigenvalue weighted by atomic mass is 32.2. The molecule has 0 radical (unpaired) electrons. The minimum atomic E-state index is -0.726. The first-order valence-corrected chi connectivity index (χ1v) is 10.9. The van der Waals surface area contributed by atoms with E-state index in [-0.39, 0.29) is 29.0 Å². The Balaban J connectivity index is 1.51. The van der Waals surface area contributed by atoms with E-state index in [1.54, 1.807) is 30.4 Å². The molecule has 5 atom stereocenters. The highest BCUT2D eigenvalue weighted by Gasteiger charge is 2.42. The van der Waals surface area contributed by atoms with Crippen LogP contribution in [0.1, 0.15) is 32.6 Å². The van der Waals surface area contributed by atoms with Crippen molar-refractivity contribution in [1.29, 1.82) is 0 Å². The molecule has 3 N–H and O–H groups in total. The number of fused-ring (bicyclic) bond motifs is 1. The average Bonchev–Trinajstić information content (AvgIpc) is 3.21. The van der Waals surface area contributed by atoms with Gasteiger partial charge in [0.15, 0.2) is 0 Å². The Bertz CT molecular complexity index is 520. The van der Waals surface area contributed by atoms with Crippen LogP contribution in [0.5, 0.6) is 0 Å². The Hall–Kier alpha value is -0.930. The van der Waals surface area contributed by atoms with Crippen molar-refractivity contribution in [3.8, 4) is 0 Å². The van der Waals surface area contributed by atoms with Crippen molar-refractivity contribution in [1.82, 2.24) is 16.0 Å². The number of imide groups is 1. The predicted octanol–water partition coefficient (Wildman–Crippen LogP) is 1.29. The van der Waals surface area contributed by atoms with Crippen LogP contribution in [0, 0.1) is 11.8 Å². The predicted molar refractivity (Wildman–Crippen MR) is 98.2 cm³/mol. The van der Waals surface area contributed by atoms with E-state index in [0.29, 0.717) is 17.7 Å². The number of carbonyl (C=O) groups excluding carboxylic acids is 3. The molecule has 3 heterocycles. The highest BCUT2D eigenvalue weighted by molar-refractivity contribution is 8.01. The minimum absolute atomic E-state index is 0.00883. The van der Waals surface area contributed by atoms with Gasteiger partial charge in [0.1, 0.15) is 0 Å². The lowest BCUT2D eigenvalue weighted by atomic mass is 9.94. The molecule has 9 heteroatoms. The van der Waals surface area contributed by atoms with Crippen LogP contribution in [-0.2, 0) is 14.3 Å². The Morgan fingerprint density at radius 3 is 2.84 bits per heavy atom. The molecule has 0 spiro atoms. The van der Waals surface area contributed by atoms with E-state index >= 15 is 0 Å². The van der Waals surface area contributed by atoms with Crippen LogP contribution in [0.3, 0.4) is 0 Å². The molecule has 140 valence electrons. The number of alkyl carbamates (subject to hydrolysis) is 1. The van der Waals surface area contributed by atoms with Gasteiger partial charge in [-0.25, -0.2) is 4.79 Å². The van der Waals surface area contributed by atoms with Gasteiger partial charge < -0.3 is 15.4 Å². The third-order valence-corrected chi connectivity index (χ3v) is 7.72. The summed E-state index contributed by atoms with van der Waals surface area (Å²) in [6, 6.07) is 0. The van der Waals surface area contributed by atoms with Crippen LogP contribution in [0.25, 0.3) is 0 Å². The zero-order valence-corrected chi connectivity index (χ0v) is 15.9. The molecule has 3 aliphatic heterocycles. The Morgan fingerprint density at radius 1 is 1.24 bits per heavy atom. The first-order chi connectivity index (χ1) is 12.1. The summed E-state index contributed by atoms with van der Waals surface area (Å²) in [6.07, 6.45) is 3.16. The lowest BCUT2D eigenvalue weighted by molar-refractivity contribution is -0.125. The van der Waals surface area contributed by atoms with E-state index < -0.39 is 12.0 Å². The Morgan fingerprint density at radius 2 is 2.08 bits per heavy atom. The molecule has 0 aromatic heterocycles. The molecule has 7 nitrogen and oxygen atoms in total. The normalized spacial score (nSPS) is 34.2. The van der Waals surface area contributed by atoms with E-state index in [0.717, 1.165) is 18.7 Å². The monoisotopic (exact) mass is 387 g/mol. The van der Waals surface area contributed by atoms with Gasteiger partial charge in [-0.1, -0.05) is 0 Å². The van der Waals surface area contributed by atoms with Gasteiger partial charge in [-0.15, -0.1) is 23.5 Å². The van der Waals surface area contributed by atoms with Crippen LogP contribution in [0.4, 0.5) is 4.79 Å². The second kappa shape index (κ2) is 8.64. The van der Waals surface area contributed by atoms with Gasteiger partial charge in [0, 0.05) is 0 Å². The summed E-state index contributed by atoms with van der Waals surface area (Å²) < 4.78 is 4.75. The second-order valence-electron chi connectivity index (χ2n) is 6.54. The van der Waals surface area contributed by atoms with Crippen molar-refractivity contribution in [3.05, 3.63) is 0 Å². The quantitative estimate of drug-likeness (QED) is 0.669. The molecule has 0 aromatic rings. The van der Waals surface area contributed by atoms with Crippen molar-refractivity contribution in [2.24, 2.45) is 11.8 Å². The molecule has 3 aliphatic rings. The minimum Gasteiger partial charge on any atom is -0.450 e. The smallest absolute Gasteiger partial charge is 0.413 e. The number of amides is 3. The molecular formula is C16H25N3O4S2. The number of rotatable bonds is 4. The fourth-order valence-electron chi connectivity index (χ4n) is 3.60. The second-order valence-corrected chi connectivity index (χ2v) is 9.14. The van der Waals surface area contributed by atoms with Crippen LogP contribution >= 0.6 is 23.5 Å². The number of nitrogens with one attached hydrogen (secondary N) is 3. The zero-order chi connectivity index (χ0) is 17.8. The van der Waals surface area contributed by atoms with Crippen LogP contribution in [0.15, 0.2) is 0 Å². The first-order valence-electron chi connectivity index (χ1n) is 8.87. The molecular weight excluding hydrogens is 362 g/mol. The Labute approximate surface area is 156 Å². The molecule has 0 aliphatic carbocycles. The largest absolute Gasteiger partial charge is 0.450 e. The molecule has 0 aromatic carbocycles. The van der Waals surface area contributed by atoms with Gasteiger partial charge in [0.25, 0.3) is 0 Å². The molecule has 25 heavy (non-hydrogen) atoms. The number of hydrogen-bond acceptors (Lipinski definition) is 7. The molecule has 3 saturated heterocycles. The molecule has 5 unspecified atom stereocenters. The fourth-order valence-corrected chi connectivity index (χ4v) is 6.52. The fraction of sp³-hybridized carbons (Fsp3) is 0.812. The third kappa shape index (κ3) is 4.62. The van der Waals surface area contributed by atoms with Crippen molar-refractivity contribution >= 4 is 41.4 Å². The molecule has 0 bridgehead atoms. The summed E-state index contributed by atoms with van der Waals surface area (Å²) >= 11 is 3.27. The summed E-state index contributed by atoms with van der Waals surface area (Å²) in [6.45, 7) is 2.93. The maximum atomic E-state index is 12.6. The SMILES string of the molecule is CCOC(=O)NC(=O)C1CCSC1NC(=O)C1CC2CCCNC2S1. The summed E-state index contributed by atoms with van der Waals surface area (Å²) in [5, 5.41) is 8.81. The van der Waals surface area contributed by atoms with Gasteiger partial charge >= 0.3 is 6.09 Å². The van der Waals surface area contributed by atoms with Gasteiger partial charge in [-0.2, -0.15) is 0 Å². The van der Waals surface area contributed by atoms with Gasteiger partial charge in [-0.3, -0.25) is 14.9 Å². The Kier molecular flexibility index (Phi) is 6.51. The molecule has 0 saturated carbocycles. The number of ether oxygens (including phenoxy) is 1. The number of piperidine rings is 1. The molecule has 3 amide bonds. The van der Waals surface area contributed by atoms with E-state index in [9.17, 15) is 14.4 Å². The standard InChI is InChI=1S/C16H25N3O4S2/c1-2-23-16(22)19-12(20)10-5-7-24-15(10)18-13(21)11-8-9-4-3-6-17-14(9)25-11/h9-11,14-15,17H,2-8H2,1H3,(H,18,21)(H,19,20,22). The zero-order valence-electron chi connectivity index (χ0n) is 14.3. The lowest BCUT2D eigenvalue weighted by Crippen LogP contribution is -2.46. The molecule has 3 rings (SSSR count). The topological polar surface area (TPSA) is 96.5 Å². The van der Waals surface area contributed by atoms with Crippen molar-refractivity contribution < 1.29 is 19.1 Å². The highest BCUT2D eigenvalue weighted by Crippen LogP contribution is 2.41. The molecule has 3 fully saturated rings. The van der Waals surface area contributed by atoms with Crippen molar-refractivity contribution in [2.75, 3.05) is 18.9 Å². The van der Waals surface area contributed by atoms with E-state index in [1.165, 1.54) is 12.8 Å². The van der Waals surface area contributed by atoms with Gasteiger partial charge in [0.2, 0.25) is 11.8 Å².